The maximum Gasteiger partial charge on any atom is 0.219 e. The van der Waals surface area contributed by atoms with E-state index in [0.29, 0.717) is 17.7 Å². The SMILES string of the molecule is Oc1ncc(OCC2CO2)c2ccccc12. The third-order valence-corrected chi connectivity index (χ3v) is 2.56. The minimum absolute atomic E-state index is 0.0330. The molecule has 0 aliphatic carbocycles. The first-order chi connectivity index (χ1) is 7.84. The quantitative estimate of drug-likeness (QED) is 0.795. The first-order valence-electron chi connectivity index (χ1n) is 5.16. The predicted octanol–water partition coefficient (Wildman–Crippen LogP) is 1.72. The third kappa shape index (κ3) is 1.67. The number of aromatic nitrogens is 1. The predicted molar refractivity (Wildman–Crippen MR) is 58.6 cm³/mol. The topological polar surface area (TPSA) is 54.9 Å². The molecule has 1 aromatic carbocycles. The van der Waals surface area contributed by atoms with Gasteiger partial charge in [0.2, 0.25) is 5.88 Å². The summed E-state index contributed by atoms with van der Waals surface area (Å²) in [5.74, 6) is 0.717. The number of pyridine rings is 1. The average molecular weight is 217 g/mol. The van der Waals surface area contributed by atoms with Crippen molar-refractivity contribution in [2.24, 2.45) is 0 Å². The molecule has 0 radical (unpaired) electrons. The highest BCUT2D eigenvalue weighted by molar-refractivity contribution is 5.91. The van der Waals surface area contributed by atoms with Gasteiger partial charge < -0.3 is 14.6 Å². The highest BCUT2D eigenvalue weighted by Gasteiger charge is 2.23. The van der Waals surface area contributed by atoms with E-state index < -0.39 is 0 Å². The van der Waals surface area contributed by atoms with Gasteiger partial charge in [-0.1, -0.05) is 18.2 Å². The summed E-state index contributed by atoms with van der Waals surface area (Å²) >= 11 is 0. The van der Waals surface area contributed by atoms with Crippen molar-refractivity contribution in [2.45, 2.75) is 6.10 Å². The lowest BCUT2D eigenvalue weighted by molar-refractivity contribution is 0.264. The van der Waals surface area contributed by atoms with Gasteiger partial charge in [0.1, 0.15) is 18.5 Å². The van der Waals surface area contributed by atoms with E-state index in [0.717, 1.165) is 12.0 Å². The van der Waals surface area contributed by atoms with Crippen LogP contribution >= 0.6 is 0 Å². The highest BCUT2D eigenvalue weighted by atomic mass is 16.6. The van der Waals surface area contributed by atoms with Crippen LogP contribution < -0.4 is 4.74 Å². The van der Waals surface area contributed by atoms with Gasteiger partial charge in [-0.2, -0.15) is 0 Å². The summed E-state index contributed by atoms with van der Waals surface area (Å²) in [5.41, 5.74) is 0. The van der Waals surface area contributed by atoms with E-state index in [1.807, 2.05) is 24.3 Å². The Kier molecular flexibility index (Phi) is 2.15. The molecule has 2 heterocycles. The number of fused-ring (bicyclic) bond motifs is 1. The molecule has 1 atom stereocenters. The summed E-state index contributed by atoms with van der Waals surface area (Å²) in [6.07, 6.45) is 1.76. The van der Waals surface area contributed by atoms with E-state index >= 15 is 0 Å². The lowest BCUT2D eigenvalue weighted by Gasteiger charge is -2.08. The van der Waals surface area contributed by atoms with E-state index in [1.54, 1.807) is 6.20 Å². The van der Waals surface area contributed by atoms with Crippen LogP contribution in [0.4, 0.5) is 0 Å². The Morgan fingerprint density at radius 3 is 2.88 bits per heavy atom. The second-order valence-electron chi connectivity index (χ2n) is 3.76. The lowest BCUT2D eigenvalue weighted by atomic mass is 10.1. The zero-order valence-corrected chi connectivity index (χ0v) is 8.59. The van der Waals surface area contributed by atoms with Crippen LogP contribution in [0.3, 0.4) is 0 Å². The van der Waals surface area contributed by atoms with E-state index in [2.05, 4.69) is 4.98 Å². The van der Waals surface area contributed by atoms with E-state index in [9.17, 15) is 5.11 Å². The van der Waals surface area contributed by atoms with Gasteiger partial charge in [-0.25, -0.2) is 4.98 Å². The molecule has 1 aliphatic rings. The third-order valence-electron chi connectivity index (χ3n) is 2.56. The van der Waals surface area contributed by atoms with Crippen molar-refractivity contribution in [3.05, 3.63) is 30.5 Å². The van der Waals surface area contributed by atoms with Gasteiger partial charge in [-0.05, 0) is 6.07 Å². The molecule has 2 aromatic rings. The van der Waals surface area contributed by atoms with Gasteiger partial charge in [-0.15, -0.1) is 0 Å². The maximum atomic E-state index is 9.59. The van der Waals surface area contributed by atoms with Crippen LogP contribution in [-0.4, -0.2) is 29.4 Å². The largest absolute Gasteiger partial charge is 0.493 e. The smallest absolute Gasteiger partial charge is 0.219 e. The minimum atomic E-state index is 0.0330. The van der Waals surface area contributed by atoms with Gasteiger partial charge in [0.05, 0.1) is 12.8 Å². The van der Waals surface area contributed by atoms with Gasteiger partial charge in [0, 0.05) is 10.8 Å². The molecule has 4 heteroatoms. The molecule has 0 saturated carbocycles. The van der Waals surface area contributed by atoms with E-state index in [4.69, 9.17) is 9.47 Å². The molecule has 1 aromatic heterocycles. The first kappa shape index (κ1) is 9.42. The summed E-state index contributed by atoms with van der Waals surface area (Å²) < 4.78 is 10.7. The average Bonchev–Trinajstić information content (AvgIpc) is 3.13. The Balaban J connectivity index is 1.99. The molecule has 16 heavy (non-hydrogen) atoms. The molecule has 0 spiro atoms. The van der Waals surface area contributed by atoms with Crippen LogP contribution in [0.5, 0.6) is 11.6 Å². The zero-order chi connectivity index (χ0) is 11.0. The molecule has 4 nitrogen and oxygen atoms in total. The highest BCUT2D eigenvalue weighted by Crippen LogP contribution is 2.30. The van der Waals surface area contributed by atoms with Crippen molar-refractivity contribution < 1.29 is 14.6 Å². The van der Waals surface area contributed by atoms with E-state index in [-0.39, 0.29) is 12.0 Å². The van der Waals surface area contributed by atoms with Crippen LogP contribution in [0.2, 0.25) is 0 Å². The van der Waals surface area contributed by atoms with E-state index in [1.165, 1.54) is 0 Å². The zero-order valence-electron chi connectivity index (χ0n) is 8.59. The molecular weight excluding hydrogens is 206 g/mol. The number of epoxide rings is 1. The molecule has 1 unspecified atom stereocenters. The van der Waals surface area contributed by atoms with Crippen molar-refractivity contribution in [3.63, 3.8) is 0 Å². The standard InChI is InChI=1S/C12H11NO3/c14-12-10-4-2-1-3-9(10)11(5-13-12)16-7-8-6-15-8/h1-5,8H,6-7H2,(H,13,14). The number of hydrogen-bond acceptors (Lipinski definition) is 4. The molecule has 1 fully saturated rings. The Hall–Kier alpha value is -1.81. The van der Waals surface area contributed by atoms with Gasteiger partial charge in [0.25, 0.3) is 0 Å². The van der Waals surface area contributed by atoms with Crippen LogP contribution in [0.25, 0.3) is 10.8 Å². The molecule has 0 amide bonds. The second kappa shape index (κ2) is 3.64. The number of aromatic hydroxyl groups is 1. The Bertz CT molecular complexity index is 523. The Labute approximate surface area is 92.4 Å². The molecular formula is C12H11NO3. The lowest BCUT2D eigenvalue weighted by Crippen LogP contribution is -2.04. The summed E-state index contributed by atoms with van der Waals surface area (Å²) in [6, 6.07) is 7.48. The molecule has 82 valence electrons. The molecule has 0 bridgehead atoms. The van der Waals surface area contributed by atoms with Crippen molar-refractivity contribution in [1.82, 2.24) is 4.98 Å². The van der Waals surface area contributed by atoms with Crippen LogP contribution in [0, 0.1) is 0 Å². The summed E-state index contributed by atoms with van der Waals surface area (Å²) in [4.78, 5) is 3.90. The van der Waals surface area contributed by atoms with Crippen LogP contribution in [-0.2, 0) is 4.74 Å². The Morgan fingerprint density at radius 1 is 1.38 bits per heavy atom. The fourth-order valence-electron chi connectivity index (χ4n) is 1.61. The van der Waals surface area contributed by atoms with Crippen molar-refractivity contribution >= 4 is 10.8 Å². The van der Waals surface area contributed by atoms with Gasteiger partial charge in [0.15, 0.2) is 0 Å². The maximum absolute atomic E-state index is 9.59. The number of benzene rings is 1. The molecule has 1 N–H and O–H groups in total. The normalized spacial score (nSPS) is 18.6. The molecule has 1 aliphatic heterocycles. The fourth-order valence-corrected chi connectivity index (χ4v) is 1.61. The number of ether oxygens (including phenoxy) is 2. The molecule has 1 saturated heterocycles. The van der Waals surface area contributed by atoms with Gasteiger partial charge in [-0.3, -0.25) is 0 Å². The van der Waals surface area contributed by atoms with Crippen LogP contribution in [0.15, 0.2) is 30.5 Å². The first-order valence-corrected chi connectivity index (χ1v) is 5.16. The Morgan fingerprint density at radius 2 is 2.12 bits per heavy atom. The van der Waals surface area contributed by atoms with Gasteiger partial charge >= 0.3 is 0 Å². The number of rotatable bonds is 3. The fraction of sp³-hybridized carbons (Fsp3) is 0.250. The van der Waals surface area contributed by atoms with Crippen molar-refractivity contribution in [1.29, 1.82) is 0 Å². The summed E-state index contributed by atoms with van der Waals surface area (Å²) in [7, 11) is 0. The minimum Gasteiger partial charge on any atom is -0.493 e. The second-order valence-corrected chi connectivity index (χ2v) is 3.76. The molecule has 3 rings (SSSR count). The summed E-state index contributed by atoms with van der Waals surface area (Å²) in [5, 5.41) is 11.2. The van der Waals surface area contributed by atoms with Crippen LogP contribution in [0.1, 0.15) is 0 Å². The van der Waals surface area contributed by atoms with Crippen molar-refractivity contribution in [2.75, 3.05) is 13.2 Å². The van der Waals surface area contributed by atoms with Crippen molar-refractivity contribution in [3.8, 4) is 11.6 Å². The monoisotopic (exact) mass is 217 g/mol. The number of nitrogens with zero attached hydrogens (tertiary/aromatic N) is 1. The summed E-state index contributed by atoms with van der Waals surface area (Å²) in [6.45, 7) is 1.31. The number of hydrogen-bond donors (Lipinski definition) is 1.